The van der Waals surface area contributed by atoms with E-state index in [9.17, 15) is 4.79 Å². The molecule has 0 bridgehead atoms. The predicted molar refractivity (Wildman–Crippen MR) is 44.3 cm³/mol. The number of alkyl halides is 3. The van der Waals surface area contributed by atoms with Crippen LogP contribution in [0.3, 0.4) is 0 Å². The molecule has 0 fully saturated rings. The molecule has 0 aromatic carbocycles. The molecule has 0 atom stereocenters. The van der Waals surface area contributed by atoms with Crippen LogP contribution < -0.4 is 0 Å². The van der Waals surface area contributed by atoms with Crippen LogP contribution in [0.1, 0.15) is 0 Å². The minimum absolute atomic E-state index is 0.454. The number of halogens is 3. The number of hydrogen-bond donors (Lipinski definition) is 0. The van der Waals surface area contributed by atoms with Crippen LogP contribution in [0.25, 0.3) is 0 Å². The van der Waals surface area contributed by atoms with Crippen molar-refractivity contribution in [3.63, 3.8) is 0 Å². The fourth-order valence-corrected chi connectivity index (χ4v) is 0.525. The summed E-state index contributed by atoms with van der Waals surface area (Å²) in [6.07, 6.45) is 4.44. The summed E-state index contributed by atoms with van der Waals surface area (Å²) in [5.74, 6) is 0. The molecule has 0 aliphatic heterocycles. The summed E-state index contributed by atoms with van der Waals surface area (Å²) in [6.45, 7) is 0. The number of carbonyl (C=O) groups excluding carboxylic acids is 1. The maximum absolute atomic E-state index is 9.58. The standard InChI is InChI=1S/C4H2Br3O/c5-4(6,7)2-1-3-8/h1-2H. The Balaban J connectivity index is 3.69. The van der Waals surface area contributed by atoms with Crippen molar-refractivity contribution in [2.24, 2.45) is 0 Å². The molecule has 0 aromatic rings. The first-order valence-electron chi connectivity index (χ1n) is 1.68. The van der Waals surface area contributed by atoms with Gasteiger partial charge in [0.15, 0.2) is 2.14 Å². The third kappa shape index (κ3) is 6.85. The number of rotatable bonds is 1. The van der Waals surface area contributed by atoms with Crippen LogP contribution in [0, 0.1) is 0 Å². The summed E-state index contributed by atoms with van der Waals surface area (Å²) in [4.78, 5) is 9.58. The normalized spacial score (nSPS) is 12.4. The molecular weight excluding hydrogens is 304 g/mol. The Morgan fingerprint density at radius 3 is 2.00 bits per heavy atom. The maximum atomic E-state index is 9.58. The Kier molecular flexibility index (Phi) is 4.20. The van der Waals surface area contributed by atoms with Gasteiger partial charge in [-0.05, 0) is 12.2 Å². The second kappa shape index (κ2) is 3.80. The highest BCUT2D eigenvalue weighted by Crippen LogP contribution is 2.34. The van der Waals surface area contributed by atoms with Gasteiger partial charge in [0.05, 0.1) is 0 Å². The van der Waals surface area contributed by atoms with Gasteiger partial charge in [-0.2, -0.15) is 0 Å². The third-order valence-electron chi connectivity index (χ3n) is 0.340. The lowest BCUT2D eigenvalue weighted by molar-refractivity contribution is 0.564. The highest BCUT2D eigenvalue weighted by atomic mass is 80.0. The first kappa shape index (κ1) is 8.85. The lowest BCUT2D eigenvalue weighted by Crippen LogP contribution is -1.90. The van der Waals surface area contributed by atoms with Crippen LogP contribution in [0.4, 0.5) is 0 Å². The Morgan fingerprint density at radius 1 is 1.38 bits per heavy atom. The largest absolute Gasteiger partial charge is 0.286 e. The van der Waals surface area contributed by atoms with E-state index in [1.165, 1.54) is 6.08 Å². The summed E-state index contributed by atoms with van der Waals surface area (Å²) in [5.41, 5.74) is 0. The molecule has 1 radical (unpaired) electrons. The Hall–Kier alpha value is 0.850. The summed E-state index contributed by atoms with van der Waals surface area (Å²) in [6, 6.07) is 0. The third-order valence-corrected chi connectivity index (χ3v) is 1.13. The molecule has 0 amide bonds. The van der Waals surface area contributed by atoms with Crippen LogP contribution in [0.2, 0.25) is 0 Å². The molecule has 0 rings (SSSR count). The molecule has 4 heteroatoms. The molecule has 0 heterocycles. The Bertz CT molecular complexity index is 102. The Labute approximate surface area is 72.9 Å². The highest BCUT2D eigenvalue weighted by Gasteiger charge is 2.10. The van der Waals surface area contributed by atoms with Crippen molar-refractivity contribution in [1.29, 1.82) is 0 Å². The molecular formula is C4H2Br3O. The molecule has 0 saturated heterocycles. The second-order valence-electron chi connectivity index (χ2n) is 0.993. The summed E-state index contributed by atoms with van der Waals surface area (Å²) in [7, 11) is 0. The van der Waals surface area contributed by atoms with Crippen LogP contribution in [-0.2, 0) is 4.79 Å². The lowest BCUT2D eigenvalue weighted by Gasteiger charge is -2.00. The summed E-state index contributed by atoms with van der Waals surface area (Å²) in [5, 5.41) is 0. The molecule has 1 nitrogen and oxygen atoms in total. The first-order valence-corrected chi connectivity index (χ1v) is 4.06. The van der Waals surface area contributed by atoms with Gasteiger partial charge in [-0.25, -0.2) is 0 Å². The first-order chi connectivity index (χ1) is 3.56. The minimum atomic E-state index is -0.454. The van der Waals surface area contributed by atoms with Crippen molar-refractivity contribution < 1.29 is 4.79 Å². The zero-order valence-corrected chi connectivity index (χ0v) is 8.45. The molecule has 8 heavy (non-hydrogen) atoms. The highest BCUT2D eigenvalue weighted by molar-refractivity contribution is 9.39. The summed E-state index contributed by atoms with van der Waals surface area (Å²) >= 11 is 9.44. The topological polar surface area (TPSA) is 17.1 Å². The zero-order chi connectivity index (χ0) is 6.62. The van der Waals surface area contributed by atoms with Crippen molar-refractivity contribution in [1.82, 2.24) is 0 Å². The van der Waals surface area contributed by atoms with Crippen molar-refractivity contribution >= 4 is 54.1 Å². The molecule has 0 N–H and O–H groups in total. The molecule has 0 spiro atoms. The molecule has 0 aromatic heterocycles. The maximum Gasteiger partial charge on any atom is 0.225 e. The van der Waals surface area contributed by atoms with Gasteiger partial charge >= 0.3 is 0 Å². The van der Waals surface area contributed by atoms with Gasteiger partial charge < -0.3 is 0 Å². The van der Waals surface area contributed by atoms with E-state index in [4.69, 9.17) is 0 Å². The lowest BCUT2D eigenvalue weighted by atomic mass is 10.6. The van der Waals surface area contributed by atoms with E-state index in [-0.39, 0.29) is 0 Å². The van der Waals surface area contributed by atoms with E-state index in [1.54, 1.807) is 12.4 Å². The molecule has 0 unspecified atom stereocenters. The van der Waals surface area contributed by atoms with Crippen LogP contribution in [0.15, 0.2) is 12.2 Å². The monoisotopic (exact) mass is 303 g/mol. The van der Waals surface area contributed by atoms with Gasteiger partial charge in [0, 0.05) is 0 Å². The quantitative estimate of drug-likeness (QED) is 0.537. The minimum Gasteiger partial charge on any atom is -0.286 e. The zero-order valence-electron chi connectivity index (χ0n) is 3.70. The van der Waals surface area contributed by atoms with Crippen LogP contribution in [0.5, 0.6) is 0 Å². The van der Waals surface area contributed by atoms with Gasteiger partial charge in [-0.15, -0.1) is 0 Å². The van der Waals surface area contributed by atoms with Crippen LogP contribution in [-0.4, -0.2) is 8.43 Å². The van der Waals surface area contributed by atoms with Crippen LogP contribution >= 0.6 is 47.8 Å². The smallest absolute Gasteiger partial charge is 0.225 e. The SMILES string of the molecule is O=[C]C=CC(Br)(Br)Br. The fraction of sp³-hybridized carbons (Fsp3) is 0.250. The molecule has 45 valence electrons. The molecule has 0 aliphatic carbocycles. The summed E-state index contributed by atoms with van der Waals surface area (Å²) < 4.78 is -0.454. The van der Waals surface area contributed by atoms with Gasteiger partial charge in [0.1, 0.15) is 0 Å². The van der Waals surface area contributed by atoms with Gasteiger partial charge in [0.25, 0.3) is 0 Å². The van der Waals surface area contributed by atoms with Crippen molar-refractivity contribution in [3.05, 3.63) is 12.2 Å². The van der Waals surface area contributed by atoms with Gasteiger partial charge in [-0.3, -0.25) is 4.79 Å². The van der Waals surface area contributed by atoms with E-state index in [0.717, 1.165) is 0 Å². The van der Waals surface area contributed by atoms with Crippen molar-refractivity contribution in [3.8, 4) is 0 Å². The van der Waals surface area contributed by atoms with E-state index in [0.29, 0.717) is 0 Å². The second-order valence-corrected chi connectivity index (χ2v) is 7.94. The van der Waals surface area contributed by atoms with Gasteiger partial charge in [-0.1, -0.05) is 47.8 Å². The van der Waals surface area contributed by atoms with E-state index >= 15 is 0 Å². The van der Waals surface area contributed by atoms with E-state index in [1.807, 2.05) is 0 Å². The fourth-order valence-electron chi connectivity index (χ4n) is 0.129. The Morgan fingerprint density at radius 2 is 1.88 bits per heavy atom. The van der Waals surface area contributed by atoms with Crippen molar-refractivity contribution in [2.75, 3.05) is 0 Å². The molecule has 0 aliphatic rings. The molecule has 0 saturated carbocycles. The van der Waals surface area contributed by atoms with Crippen molar-refractivity contribution in [2.45, 2.75) is 2.14 Å². The van der Waals surface area contributed by atoms with Gasteiger partial charge in [0.2, 0.25) is 6.29 Å². The average Bonchev–Trinajstić information content (AvgIpc) is 1.59. The van der Waals surface area contributed by atoms with E-state index in [2.05, 4.69) is 47.8 Å². The number of hydrogen-bond acceptors (Lipinski definition) is 1. The predicted octanol–water partition coefficient (Wildman–Crippen LogP) is 2.49. The average molecular weight is 306 g/mol. The number of allylic oxidation sites excluding steroid dienone is 2. The van der Waals surface area contributed by atoms with E-state index < -0.39 is 2.14 Å².